The number of benzene rings is 1. The topological polar surface area (TPSA) is 82.7 Å². The van der Waals surface area contributed by atoms with Gasteiger partial charge in [-0.2, -0.15) is 5.26 Å². The van der Waals surface area contributed by atoms with E-state index < -0.39 is 0 Å². The summed E-state index contributed by atoms with van der Waals surface area (Å²) in [6.07, 6.45) is 5.94. The molecule has 0 bridgehead atoms. The molecule has 2 N–H and O–H groups in total. The van der Waals surface area contributed by atoms with E-state index in [4.69, 9.17) is 5.26 Å². The van der Waals surface area contributed by atoms with E-state index in [1.807, 2.05) is 24.3 Å². The first-order valence-corrected chi connectivity index (χ1v) is 9.13. The van der Waals surface area contributed by atoms with Crippen LogP contribution in [0.2, 0.25) is 0 Å². The highest BCUT2D eigenvalue weighted by atomic mass is 16.1. The molecule has 1 aromatic carbocycles. The van der Waals surface area contributed by atoms with Gasteiger partial charge < -0.3 is 15.2 Å². The van der Waals surface area contributed by atoms with Crippen LogP contribution in [-0.4, -0.2) is 28.5 Å². The number of hydrogen-bond donors (Lipinski definition) is 2. The lowest BCUT2D eigenvalue weighted by Gasteiger charge is -2.22. The Morgan fingerprint density at radius 2 is 2.11 bits per heavy atom. The van der Waals surface area contributed by atoms with Crippen LogP contribution in [-0.2, 0) is 7.05 Å². The van der Waals surface area contributed by atoms with Crippen molar-refractivity contribution in [1.29, 1.82) is 5.26 Å². The van der Waals surface area contributed by atoms with Gasteiger partial charge in [-0.15, -0.1) is 0 Å². The Balaban J connectivity index is 1.64. The SMILES string of the molecule is Cn1cc(C2CCNCC2)c2cc(NC(=O)c3cc(C#N)ccn3)ccc21. The van der Waals surface area contributed by atoms with E-state index in [-0.39, 0.29) is 11.6 Å². The number of nitrogens with one attached hydrogen (secondary N) is 2. The van der Waals surface area contributed by atoms with Gasteiger partial charge in [-0.3, -0.25) is 9.78 Å². The summed E-state index contributed by atoms with van der Waals surface area (Å²) in [5, 5.41) is 16.5. The van der Waals surface area contributed by atoms with E-state index in [2.05, 4.69) is 33.4 Å². The maximum atomic E-state index is 12.5. The van der Waals surface area contributed by atoms with Crippen molar-refractivity contribution in [3.05, 3.63) is 59.5 Å². The highest BCUT2D eigenvalue weighted by molar-refractivity contribution is 6.04. The summed E-state index contributed by atoms with van der Waals surface area (Å²) in [7, 11) is 2.06. The fourth-order valence-electron chi connectivity index (χ4n) is 3.78. The number of carbonyl (C=O) groups is 1. The number of rotatable bonds is 3. The zero-order valence-corrected chi connectivity index (χ0v) is 15.2. The van der Waals surface area contributed by atoms with Gasteiger partial charge in [-0.1, -0.05) is 0 Å². The van der Waals surface area contributed by atoms with Crippen molar-refractivity contribution < 1.29 is 4.79 Å². The second-order valence-corrected chi connectivity index (χ2v) is 6.95. The largest absolute Gasteiger partial charge is 0.350 e. The van der Waals surface area contributed by atoms with Crippen LogP contribution in [0.15, 0.2) is 42.7 Å². The smallest absolute Gasteiger partial charge is 0.274 e. The normalized spacial score (nSPS) is 14.8. The third kappa shape index (κ3) is 3.42. The zero-order chi connectivity index (χ0) is 18.8. The van der Waals surface area contributed by atoms with Crippen LogP contribution < -0.4 is 10.6 Å². The van der Waals surface area contributed by atoms with Crippen molar-refractivity contribution in [2.45, 2.75) is 18.8 Å². The minimum atomic E-state index is -0.314. The van der Waals surface area contributed by atoms with Crippen LogP contribution in [0.5, 0.6) is 0 Å². The third-order valence-electron chi connectivity index (χ3n) is 5.18. The first kappa shape index (κ1) is 17.3. The maximum absolute atomic E-state index is 12.5. The van der Waals surface area contributed by atoms with E-state index in [9.17, 15) is 4.79 Å². The van der Waals surface area contributed by atoms with Crippen LogP contribution >= 0.6 is 0 Å². The molecule has 6 nitrogen and oxygen atoms in total. The summed E-state index contributed by atoms with van der Waals surface area (Å²) >= 11 is 0. The van der Waals surface area contributed by atoms with E-state index in [0.29, 0.717) is 11.5 Å². The number of pyridine rings is 1. The highest BCUT2D eigenvalue weighted by Crippen LogP contribution is 2.34. The predicted molar refractivity (Wildman–Crippen MR) is 105 cm³/mol. The van der Waals surface area contributed by atoms with Gasteiger partial charge in [0.05, 0.1) is 11.6 Å². The minimum absolute atomic E-state index is 0.237. The molecular weight excluding hydrogens is 338 g/mol. The van der Waals surface area contributed by atoms with Crippen LogP contribution in [0.4, 0.5) is 5.69 Å². The van der Waals surface area contributed by atoms with Crippen LogP contribution in [0.3, 0.4) is 0 Å². The Labute approximate surface area is 157 Å². The van der Waals surface area contributed by atoms with E-state index in [0.717, 1.165) is 37.1 Å². The molecule has 136 valence electrons. The molecule has 1 amide bonds. The molecule has 0 saturated carbocycles. The number of anilines is 1. The predicted octanol–water partition coefficient (Wildman–Crippen LogP) is 3.16. The molecule has 4 rings (SSSR count). The summed E-state index contributed by atoms with van der Waals surface area (Å²) in [4.78, 5) is 16.6. The average molecular weight is 359 g/mol. The van der Waals surface area contributed by atoms with Gasteiger partial charge >= 0.3 is 0 Å². The summed E-state index contributed by atoms with van der Waals surface area (Å²) in [5.74, 6) is 0.223. The molecule has 1 saturated heterocycles. The average Bonchev–Trinajstić information content (AvgIpc) is 3.04. The molecule has 0 unspecified atom stereocenters. The maximum Gasteiger partial charge on any atom is 0.274 e. The molecule has 3 aromatic rings. The Bertz CT molecular complexity index is 1040. The lowest BCUT2D eigenvalue weighted by molar-refractivity contribution is 0.102. The molecular formula is C21H21N5O. The molecule has 1 aliphatic rings. The second kappa shape index (κ2) is 7.22. The molecule has 0 aliphatic carbocycles. The molecule has 2 aromatic heterocycles. The molecule has 0 atom stereocenters. The quantitative estimate of drug-likeness (QED) is 0.752. The Morgan fingerprint density at radius 3 is 2.89 bits per heavy atom. The Hall–Kier alpha value is -3.17. The summed E-state index contributed by atoms with van der Waals surface area (Å²) in [6.45, 7) is 2.08. The number of hydrogen-bond acceptors (Lipinski definition) is 4. The zero-order valence-electron chi connectivity index (χ0n) is 15.2. The molecule has 6 heteroatoms. The Morgan fingerprint density at radius 1 is 1.30 bits per heavy atom. The Kier molecular flexibility index (Phi) is 4.61. The van der Waals surface area contributed by atoms with Crippen molar-refractivity contribution in [2.24, 2.45) is 7.05 Å². The molecule has 0 spiro atoms. The van der Waals surface area contributed by atoms with Gasteiger partial charge in [0.1, 0.15) is 5.69 Å². The molecule has 1 fully saturated rings. The number of fused-ring (bicyclic) bond motifs is 1. The van der Waals surface area contributed by atoms with Crippen molar-refractivity contribution in [3.8, 4) is 6.07 Å². The second-order valence-electron chi connectivity index (χ2n) is 6.95. The number of carbonyl (C=O) groups excluding carboxylic acids is 1. The third-order valence-corrected chi connectivity index (χ3v) is 5.18. The van der Waals surface area contributed by atoms with Gasteiger partial charge in [0.2, 0.25) is 0 Å². The molecule has 3 heterocycles. The monoisotopic (exact) mass is 359 g/mol. The van der Waals surface area contributed by atoms with Crippen LogP contribution in [0.1, 0.15) is 40.4 Å². The van der Waals surface area contributed by atoms with Crippen molar-refractivity contribution in [1.82, 2.24) is 14.9 Å². The lowest BCUT2D eigenvalue weighted by Crippen LogP contribution is -2.26. The molecule has 0 radical (unpaired) electrons. The summed E-state index contributed by atoms with van der Waals surface area (Å²) in [6, 6.07) is 11.1. The number of piperidine rings is 1. The number of aromatic nitrogens is 2. The van der Waals surface area contributed by atoms with Crippen molar-refractivity contribution in [3.63, 3.8) is 0 Å². The van der Waals surface area contributed by atoms with Crippen LogP contribution in [0.25, 0.3) is 10.9 Å². The van der Waals surface area contributed by atoms with Crippen molar-refractivity contribution in [2.75, 3.05) is 18.4 Å². The van der Waals surface area contributed by atoms with Crippen LogP contribution in [0, 0.1) is 11.3 Å². The van der Waals surface area contributed by atoms with Gasteiger partial charge in [-0.05, 0) is 67.7 Å². The highest BCUT2D eigenvalue weighted by Gasteiger charge is 2.20. The first-order chi connectivity index (χ1) is 13.2. The van der Waals surface area contributed by atoms with E-state index in [1.54, 1.807) is 6.07 Å². The summed E-state index contributed by atoms with van der Waals surface area (Å²) in [5.41, 5.74) is 3.89. The lowest BCUT2D eigenvalue weighted by atomic mass is 9.90. The minimum Gasteiger partial charge on any atom is -0.350 e. The molecule has 27 heavy (non-hydrogen) atoms. The van der Waals surface area contributed by atoms with Gasteiger partial charge in [0.25, 0.3) is 5.91 Å². The van der Waals surface area contributed by atoms with E-state index in [1.165, 1.54) is 23.2 Å². The van der Waals surface area contributed by atoms with Gasteiger partial charge in [0, 0.05) is 36.0 Å². The fraction of sp³-hybridized carbons (Fsp3) is 0.286. The van der Waals surface area contributed by atoms with Crippen molar-refractivity contribution >= 4 is 22.5 Å². The number of amides is 1. The fourth-order valence-corrected chi connectivity index (χ4v) is 3.78. The van der Waals surface area contributed by atoms with Gasteiger partial charge in [0.15, 0.2) is 0 Å². The van der Waals surface area contributed by atoms with E-state index >= 15 is 0 Å². The summed E-state index contributed by atoms with van der Waals surface area (Å²) < 4.78 is 2.15. The number of aryl methyl sites for hydroxylation is 1. The standard InChI is InChI=1S/C21H21N5O/c1-26-13-18(15-5-7-23-8-6-15)17-11-16(2-3-20(17)26)25-21(27)19-10-14(12-22)4-9-24-19/h2-4,9-11,13,15,23H,5-8H2,1H3,(H,25,27). The molecule has 1 aliphatic heterocycles. The first-order valence-electron chi connectivity index (χ1n) is 9.13. The number of nitrogens with zero attached hydrogens (tertiary/aromatic N) is 3. The number of nitriles is 1. The van der Waals surface area contributed by atoms with Gasteiger partial charge in [-0.25, -0.2) is 0 Å².